The Kier molecular flexibility index (Phi) is 3.72. The molecule has 0 amide bonds. The summed E-state index contributed by atoms with van der Waals surface area (Å²) in [4.78, 5) is 4.17. The molecule has 1 aromatic carbocycles. The maximum atomic E-state index is 13.6. The van der Waals surface area contributed by atoms with Gasteiger partial charge < -0.3 is 10.3 Å². The van der Waals surface area contributed by atoms with E-state index in [0.717, 1.165) is 6.42 Å². The molecule has 0 radical (unpaired) electrons. The molecule has 0 bridgehead atoms. The zero-order valence-electron chi connectivity index (χ0n) is 10.4. The number of aromatic nitrogens is 2. The summed E-state index contributed by atoms with van der Waals surface area (Å²) < 4.78 is 18.7. The molecule has 1 aromatic heterocycles. The Hall–Kier alpha value is -1.75. The van der Waals surface area contributed by atoms with E-state index in [4.69, 9.17) is 10.3 Å². The zero-order valence-corrected chi connectivity index (χ0v) is 10.4. The first-order valence-corrected chi connectivity index (χ1v) is 5.97. The molecule has 2 aromatic rings. The molecular weight excluding hydrogens is 233 g/mol. The summed E-state index contributed by atoms with van der Waals surface area (Å²) in [5.41, 5.74) is 6.31. The Balaban J connectivity index is 2.29. The van der Waals surface area contributed by atoms with E-state index >= 15 is 0 Å². The lowest BCUT2D eigenvalue weighted by Crippen LogP contribution is -2.18. The van der Waals surface area contributed by atoms with Crippen molar-refractivity contribution in [3.05, 3.63) is 36.0 Å². The second kappa shape index (κ2) is 5.27. The molecule has 1 heterocycles. The van der Waals surface area contributed by atoms with Gasteiger partial charge >= 0.3 is 0 Å². The van der Waals surface area contributed by atoms with Crippen LogP contribution in [0, 0.1) is 11.7 Å². The topological polar surface area (TPSA) is 64.9 Å². The molecule has 0 saturated heterocycles. The highest BCUT2D eigenvalue weighted by Gasteiger charge is 2.21. The van der Waals surface area contributed by atoms with Gasteiger partial charge in [-0.2, -0.15) is 4.98 Å². The standard InChI is InChI=1S/C13H16FN3O/c1-3-8(2)11(15)13-16-12(17-18-13)9-6-4-5-7-10(9)14/h4-8,11H,3,15H2,1-2H3/t8-,11-/m0/s1. The monoisotopic (exact) mass is 249 g/mol. The average Bonchev–Trinajstić information content (AvgIpc) is 2.87. The highest BCUT2D eigenvalue weighted by molar-refractivity contribution is 5.54. The minimum Gasteiger partial charge on any atom is -0.337 e. The van der Waals surface area contributed by atoms with Gasteiger partial charge in [-0.05, 0) is 18.1 Å². The average molecular weight is 249 g/mol. The summed E-state index contributed by atoms with van der Waals surface area (Å²) in [5.74, 6) is 0.449. The molecule has 2 N–H and O–H groups in total. The molecule has 0 aliphatic rings. The third-order valence-corrected chi connectivity index (χ3v) is 3.10. The first-order valence-electron chi connectivity index (χ1n) is 5.97. The van der Waals surface area contributed by atoms with E-state index in [0.29, 0.717) is 11.5 Å². The van der Waals surface area contributed by atoms with E-state index in [1.807, 2.05) is 13.8 Å². The third-order valence-electron chi connectivity index (χ3n) is 3.10. The van der Waals surface area contributed by atoms with Gasteiger partial charge in [0.15, 0.2) is 0 Å². The van der Waals surface area contributed by atoms with Crippen LogP contribution < -0.4 is 5.73 Å². The van der Waals surface area contributed by atoms with Crippen LogP contribution in [-0.2, 0) is 0 Å². The molecule has 5 heteroatoms. The van der Waals surface area contributed by atoms with Crippen molar-refractivity contribution in [3.8, 4) is 11.4 Å². The Morgan fingerprint density at radius 1 is 1.39 bits per heavy atom. The van der Waals surface area contributed by atoms with Crippen molar-refractivity contribution < 1.29 is 8.91 Å². The van der Waals surface area contributed by atoms with E-state index < -0.39 is 0 Å². The van der Waals surface area contributed by atoms with Crippen molar-refractivity contribution in [1.29, 1.82) is 0 Å². The van der Waals surface area contributed by atoms with Crippen LogP contribution in [0.5, 0.6) is 0 Å². The van der Waals surface area contributed by atoms with Crippen molar-refractivity contribution >= 4 is 0 Å². The lowest BCUT2D eigenvalue weighted by atomic mass is 10.0. The third kappa shape index (κ3) is 2.41. The van der Waals surface area contributed by atoms with Gasteiger partial charge in [-0.15, -0.1) is 0 Å². The van der Waals surface area contributed by atoms with Crippen LogP contribution in [0.2, 0.25) is 0 Å². The molecule has 18 heavy (non-hydrogen) atoms. The number of hydrogen-bond donors (Lipinski definition) is 1. The number of hydrogen-bond acceptors (Lipinski definition) is 4. The molecule has 2 atom stereocenters. The van der Waals surface area contributed by atoms with Crippen LogP contribution in [0.15, 0.2) is 28.8 Å². The van der Waals surface area contributed by atoms with E-state index in [9.17, 15) is 4.39 Å². The fourth-order valence-electron chi connectivity index (χ4n) is 1.62. The molecule has 0 aliphatic heterocycles. The molecule has 0 aliphatic carbocycles. The molecular formula is C13H16FN3O. The Morgan fingerprint density at radius 2 is 2.11 bits per heavy atom. The maximum absolute atomic E-state index is 13.6. The van der Waals surface area contributed by atoms with Crippen molar-refractivity contribution in [2.24, 2.45) is 11.7 Å². The minimum atomic E-state index is -0.373. The predicted octanol–water partition coefficient (Wildman–Crippen LogP) is 2.92. The van der Waals surface area contributed by atoms with Crippen molar-refractivity contribution in [2.75, 3.05) is 0 Å². The summed E-state index contributed by atoms with van der Waals surface area (Å²) in [5, 5.41) is 3.78. The number of halogens is 1. The first kappa shape index (κ1) is 12.7. The van der Waals surface area contributed by atoms with Crippen molar-refractivity contribution in [1.82, 2.24) is 10.1 Å². The van der Waals surface area contributed by atoms with Crippen LogP contribution in [0.4, 0.5) is 4.39 Å². The van der Waals surface area contributed by atoms with Crippen LogP contribution >= 0.6 is 0 Å². The molecule has 0 fully saturated rings. The van der Waals surface area contributed by atoms with E-state index in [-0.39, 0.29) is 23.6 Å². The summed E-state index contributed by atoms with van der Waals surface area (Å²) >= 11 is 0. The highest BCUT2D eigenvalue weighted by Crippen LogP contribution is 2.24. The first-order chi connectivity index (χ1) is 8.63. The lowest BCUT2D eigenvalue weighted by Gasteiger charge is -2.12. The number of nitrogens with zero attached hydrogens (tertiary/aromatic N) is 2. The van der Waals surface area contributed by atoms with Crippen molar-refractivity contribution in [2.45, 2.75) is 26.3 Å². The molecule has 0 unspecified atom stereocenters. The lowest BCUT2D eigenvalue weighted by molar-refractivity contribution is 0.312. The van der Waals surface area contributed by atoms with Gasteiger partial charge in [0, 0.05) is 0 Å². The fourth-order valence-corrected chi connectivity index (χ4v) is 1.62. The quantitative estimate of drug-likeness (QED) is 0.904. The number of benzene rings is 1. The zero-order chi connectivity index (χ0) is 13.1. The van der Waals surface area contributed by atoms with Gasteiger partial charge in [0.2, 0.25) is 11.7 Å². The Morgan fingerprint density at radius 3 is 2.78 bits per heavy atom. The summed E-state index contributed by atoms with van der Waals surface area (Å²) in [6, 6.07) is 6.00. The molecule has 2 rings (SSSR count). The van der Waals surface area contributed by atoms with Crippen LogP contribution in [0.1, 0.15) is 32.2 Å². The molecule has 0 spiro atoms. The van der Waals surface area contributed by atoms with E-state index in [2.05, 4.69) is 10.1 Å². The van der Waals surface area contributed by atoms with Gasteiger partial charge in [-0.3, -0.25) is 0 Å². The van der Waals surface area contributed by atoms with Gasteiger partial charge in [-0.25, -0.2) is 4.39 Å². The largest absolute Gasteiger partial charge is 0.337 e. The number of rotatable bonds is 4. The van der Waals surface area contributed by atoms with Crippen LogP contribution in [0.3, 0.4) is 0 Å². The van der Waals surface area contributed by atoms with Crippen LogP contribution in [-0.4, -0.2) is 10.1 Å². The van der Waals surface area contributed by atoms with Gasteiger partial charge in [0.1, 0.15) is 5.82 Å². The van der Waals surface area contributed by atoms with Crippen molar-refractivity contribution in [3.63, 3.8) is 0 Å². The second-order valence-electron chi connectivity index (χ2n) is 4.35. The number of nitrogens with two attached hydrogens (primary N) is 1. The van der Waals surface area contributed by atoms with Gasteiger partial charge in [-0.1, -0.05) is 37.6 Å². The molecule has 4 nitrogen and oxygen atoms in total. The Labute approximate surface area is 105 Å². The summed E-state index contributed by atoms with van der Waals surface area (Å²) in [7, 11) is 0. The SMILES string of the molecule is CC[C@H](C)[C@H](N)c1nc(-c2ccccc2F)no1. The van der Waals surface area contributed by atoms with E-state index in [1.165, 1.54) is 6.07 Å². The van der Waals surface area contributed by atoms with Gasteiger partial charge in [0.05, 0.1) is 11.6 Å². The summed E-state index contributed by atoms with van der Waals surface area (Å²) in [6.07, 6.45) is 0.915. The fraction of sp³-hybridized carbons (Fsp3) is 0.385. The predicted molar refractivity (Wildman–Crippen MR) is 66.1 cm³/mol. The highest BCUT2D eigenvalue weighted by atomic mass is 19.1. The normalized spacial score (nSPS) is 14.4. The molecule has 0 saturated carbocycles. The molecule has 96 valence electrons. The van der Waals surface area contributed by atoms with E-state index in [1.54, 1.807) is 18.2 Å². The van der Waals surface area contributed by atoms with Gasteiger partial charge in [0.25, 0.3) is 0 Å². The minimum absolute atomic E-state index is 0.235. The van der Waals surface area contributed by atoms with Crippen LogP contribution in [0.25, 0.3) is 11.4 Å². The maximum Gasteiger partial charge on any atom is 0.244 e. The smallest absolute Gasteiger partial charge is 0.244 e. The second-order valence-corrected chi connectivity index (χ2v) is 4.35. The summed E-state index contributed by atoms with van der Waals surface area (Å²) in [6.45, 7) is 4.05. The Bertz CT molecular complexity index is 526.